The lowest BCUT2D eigenvalue weighted by Crippen LogP contribution is -2.47. The van der Waals surface area contributed by atoms with Gasteiger partial charge >= 0.3 is 0 Å². The Bertz CT molecular complexity index is 679. The van der Waals surface area contributed by atoms with Crippen molar-refractivity contribution in [3.8, 4) is 5.75 Å². The maximum Gasteiger partial charge on any atom is 0.243 e. The third-order valence-corrected chi connectivity index (χ3v) is 5.68. The van der Waals surface area contributed by atoms with Gasteiger partial charge in [-0.2, -0.15) is 0 Å². The van der Waals surface area contributed by atoms with Crippen molar-refractivity contribution in [1.82, 2.24) is 20.4 Å². The number of rotatable bonds is 10. The summed E-state index contributed by atoms with van der Waals surface area (Å²) in [6, 6.07) is 8.10. The van der Waals surface area contributed by atoms with Crippen molar-refractivity contribution < 1.29 is 9.53 Å². The number of nitrogens with zero attached hydrogens (tertiary/aromatic N) is 3. The summed E-state index contributed by atoms with van der Waals surface area (Å²) in [6.07, 6.45) is 5.90. The van der Waals surface area contributed by atoms with Gasteiger partial charge in [0, 0.05) is 39.1 Å². The van der Waals surface area contributed by atoms with Gasteiger partial charge in [-0.1, -0.05) is 25.0 Å². The lowest BCUT2D eigenvalue weighted by molar-refractivity contribution is -0.127. The Labute approximate surface area is 181 Å². The van der Waals surface area contributed by atoms with E-state index in [0.717, 1.165) is 31.8 Å². The first-order chi connectivity index (χ1) is 14.3. The lowest BCUT2D eigenvalue weighted by atomic mass is 9.85. The molecule has 1 saturated carbocycles. The molecule has 0 radical (unpaired) electrons. The summed E-state index contributed by atoms with van der Waals surface area (Å²) in [5, 5.41) is 6.94. The van der Waals surface area contributed by atoms with E-state index in [4.69, 9.17) is 4.74 Å². The summed E-state index contributed by atoms with van der Waals surface area (Å²) in [6.45, 7) is 2.83. The van der Waals surface area contributed by atoms with Crippen LogP contribution in [-0.4, -0.2) is 83.1 Å². The van der Waals surface area contributed by atoms with Gasteiger partial charge in [-0.05, 0) is 51.1 Å². The number of guanidine groups is 1. The maximum absolute atomic E-state index is 12.0. The highest BCUT2D eigenvalue weighted by atomic mass is 16.5. The number of likely N-dealkylation sites (N-methyl/N-ethyl adjacent to an activating group) is 1. The van der Waals surface area contributed by atoms with Crippen LogP contribution in [0.5, 0.6) is 5.75 Å². The van der Waals surface area contributed by atoms with Crippen molar-refractivity contribution in [2.24, 2.45) is 10.4 Å². The number of carbonyl (C=O) groups excluding carboxylic acids is 1. The summed E-state index contributed by atoms with van der Waals surface area (Å²) in [7, 11) is 9.46. The van der Waals surface area contributed by atoms with E-state index in [2.05, 4.69) is 46.8 Å². The summed E-state index contributed by atoms with van der Waals surface area (Å²) >= 11 is 0. The largest absolute Gasteiger partial charge is 0.497 e. The molecule has 0 aliphatic heterocycles. The Kier molecular flexibility index (Phi) is 9.43. The molecular weight excluding hydrogens is 378 g/mol. The molecule has 168 valence electrons. The van der Waals surface area contributed by atoms with E-state index in [1.807, 2.05) is 12.1 Å². The molecule has 7 nitrogen and oxygen atoms in total. The molecular formula is C23H39N5O2. The zero-order chi connectivity index (χ0) is 22.0. The standard InChI is InChI=1S/C23H39N5O2/c1-27(2)18-23(13-6-7-14-23)17-26-22(25-16-21(29)28(3)4)24-15-12-19-8-10-20(30-5)11-9-19/h8-11H,6-7,12-18H2,1-5H3,(H2,24,25,26). The number of ether oxygens (including phenoxy) is 1. The van der Waals surface area contributed by atoms with Crippen LogP contribution in [0.4, 0.5) is 0 Å². The van der Waals surface area contributed by atoms with Crippen molar-refractivity contribution in [3.05, 3.63) is 29.8 Å². The Morgan fingerprint density at radius 1 is 1.10 bits per heavy atom. The molecule has 1 aliphatic carbocycles. The van der Waals surface area contributed by atoms with Crippen molar-refractivity contribution in [1.29, 1.82) is 0 Å². The van der Waals surface area contributed by atoms with Crippen molar-refractivity contribution in [2.45, 2.75) is 32.1 Å². The normalized spacial score (nSPS) is 15.9. The zero-order valence-electron chi connectivity index (χ0n) is 19.3. The van der Waals surface area contributed by atoms with Gasteiger partial charge < -0.3 is 25.2 Å². The highest BCUT2D eigenvalue weighted by molar-refractivity contribution is 5.84. The van der Waals surface area contributed by atoms with Crippen LogP contribution in [0.3, 0.4) is 0 Å². The van der Waals surface area contributed by atoms with Gasteiger partial charge in [0.15, 0.2) is 5.96 Å². The quantitative estimate of drug-likeness (QED) is 0.450. The first-order valence-corrected chi connectivity index (χ1v) is 10.8. The third kappa shape index (κ3) is 7.86. The number of methoxy groups -OCH3 is 1. The summed E-state index contributed by atoms with van der Waals surface area (Å²) in [5.74, 6) is 1.57. The summed E-state index contributed by atoms with van der Waals surface area (Å²) in [4.78, 5) is 20.4. The number of aliphatic imine (C=N–C) groups is 1. The van der Waals surface area contributed by atoms with Crippen LogP contribution in [-0.2, 0) is 11.2 Å². The van der Waals surface area contributed by atoms with E-state index in [9.17, 15) is 4.79 Å². The monoisotopic (exact) mass is 417 g/mol. The lowest BCUT2D eigenvalue weighted by Gasteiger charge is -2.33. The predicted octanol–water partition coefficient (Wildman–Crippen LogP) is 1.98. The van der Waals surface area contributed by atoms with Gasteiger partial charge in [-0.15, -0.1) is 0 Å². The molecule has 0 bridgehead atoms. The molecule has 0 spiro atoms. The Morgan fingerprint density at radius 2 is 1.77 bits per heavy atom. The molecule has 0 heterocycles. The van der Waals surface area contributed by atoms with Crippen molar-refractivity contribution in [3.63, 3.8) is 0 Å². The first kappa shape index (κ1) is 24.0. The van der Waals surface area contributed by atoms with Gasteiger partial charge in [0.05, 0.1) is 7.11 Å². The second-order valence-electron chi connectivity index (χ2n) is 8.78. The van der Waals surface area contributed by atoms with E-state index in [1.165, 1.54) is 31.2 Å². The van der Waals surface area contributed by atoms with Gasteiger partial charge in [-0.25, -0.2) is 4.99 Å². The zero-order valence-corrected chi connectivity index (χ0v) is 19.3. The molecule has 1 aromatic rings. The van der Waals surface area contributed by atoms with E-state index in [0.29, 0.717) is 5.96 Å². The average molecular weight is 418 g/mol. The Hall–Kier alpha value is -2.28. The van der Waals surface area contributed by atoms with Crippen LogP contribution in [0.2, 0.25) is 0 Å². The average Bonchev–Trinajstić information content (AvgIpc) is 3.17. The number of benzene rings is 1. The SMILES string of the molecule is COc1ccc(CCNC(=NCC(=O)N(C)C)NCC2(CN(C)C)CCCC2)cc1. The highest BCUT2D eigenvalue weighted by Gasteiger charge is 2.34. The minimum Gasteiger partial charge on any atom is -0.497 e. The fourth-order valence-electron chi connectivity index (χ4n) is 4.04. The number of carbonyl (C=O) groups is 1. The number of amides is 1. The van der Waals surface area contributed by atoms with Crippen LogP contribution in [0.15, 0.2) is 29.3 Å². The maximum atomic E-state index is 12.0. The number of hydrogen-bond acceptors (Lipinski definition) is 4. The molecule has 1 amide bonds. The minimum absolute atomic E-state index is 0.00451. The number of hydrogen-bond donors (Lipinski definition) is 2. The van der Waals surface area contributed by atoms with E-state index in [-0.39, 0.29) is 17.9 Å². The molecule has 1 aliphatic rings. The van der Waals surface area contributed by atoms with Gasteiger partial charge in [0.1, 0.15) is 12.3 Å². The molecule has 0 aromatic heterocycles. The summed E-state index contributed by atoms with van der Waals surface area (Å²) < 4.78 is 5.22. The Morgan fingerprint density at radius 3 is 2.33 bits per heavy atom. The molecule has 7 heteroatoms. The molecule has 1 aromatic carbocycles. The van der Waals surface area contributed by atoms with E-state index >= 15 is 0 Å². The topological polar surface area (TPSA) is 69.2 Å². The first-order valence-electron chi connectivity index (χ1n) is 10.8. The molecule has 2 N–H and O–H groups in total. The number of nitrogens with one attached hydrogen (secondary N) is 2. The second kappa shape index (κ2) is 11.8. The summed E-state index contributed by atoms with van der Waals surface area (Å²) in [5.41, 5.74) is 1.50. The second-order valence-corrected chi connectivity index (χ2v) is 8.78. The van der Waals surface area contributed by atoms with Gasteiger partial charge in [-0.3, -0.25) is 4.79 Å². The van der Waals surface area contributed by atoms with E-state index in [1.54, 1.807) is 26.1 Å². The minimum atomic E-state index is -0.00451. The van der Waals surface area contributed by atoms with Crippen molar-refractivity contribution in [2.75, 3.05) is 61.5 Å². The molecule has 0 unspecified atom stereocenters. The van der Waals surface area contributed by atoms with Crippen LogP contribution >= 0.6 is 0 Å². The molecule has 0 saturated heterocycles. The van der Waals surface area contributed by atoms with Crippen LogP contribution in [0.1, 0.15) is 31.2 Å². The predicted molar refractivity (Wildman–Crippen MR) is 123 cm³/mol. The van der Waals surface area contributed by atoms with Crippen LogP contribution in [0.25, 0.3) is 0 Å². The van der Waals surface area contributed by atoms with Gasteiger partial charge in [0.25, 0.3) is 0 Å². The fraction of sp³-hybridized carbons (Fsp3) is 0.652. The molecule has 2 rings (SSSR count). The molecule has 1 fully saturated rings. The Balaban J connectivity index is 1.96. The van der Waals surface area contributed by atoms with Gasteiger partial charge in [0.2, 0.25) is 5.91 Å². The van der Waals surface area contributed by atoms with E-state index < -0.39 is 0 Å². The van der Waals surface area contributed by atoms with Crippen LogP contribution < -0.4 is 15.4 Å². The highest BCUT2D eigenvalue weighted by Crippen LogP contribution is 2.37. The van der Waals surface area contributed by atoms with Crippen LogP contribution in [0, 0.1) is 5.41 Å². The smallest absolute Gasteiger partial charge is 0.243 e. The molecule has 30 heavy (non-hydrogen) atoms. The van der Waals surface area contributed by atoms with Crippen molar-refractivity contribution >= 4 is 11.9 Å². The molecule has 0 atom stereocenters. The fourth-order valence-corrected chi connectivity index (χ4v) is 4.04. The third-order valence-electron chi connectivity index (χ3n) is 5.68.